The number of carbonyl (C=O) groups excluding carboxylic acids is 2. The lowest BCUT2D eigenvalue weighted by atomic mass is 10.1. The van der Waals surface area contributed by atoms with Crippen molar-refractivity contribution in [3.05, 3.63) is 39.9 Å². The molecule has 0 radical (unpaired) electrons. The summed E-state index contributed by atoms with van der Waals surface area (Å²) in [7, 11) is 1.41. The number of likely N-dealkylation sites (N-methyl/N-ethyl adjacent to an activating group) is 1. The van der Waals surface area contributed by atoms with E-state index in [-0.39, 0.29) is 11.6 Å². The quantitative estimate of drug-likeness (QED) is 0.484. The fraction of sp³-hybridized carbons (Fsp3) is 0.273. The third-order valence-corrected chi connectivity index (χ3v) is 2.82. The first kappa shape index (κ1) is 12.0. The Balaban J connectivity index is 2.08. The average molecular weight is 249 g/mol. The fourth-order valence-electron chi connectivity index (χ4n) is 1.77. The number of non-ortho nitro benzene ring substituents is 1. The zero-order valence-electron chi connectivity index (χ0n) is 9.62. The van der Waals surface area contributed by atoms with Crippen LogP contribution in [0.2, 0.25) is 0 Å². The largest absolute Gasteiger partial charge is 0.325 e. The van der Waals surface area contributed by atoms with Crippen LogP contribution in [0.25, 0.3) is 0 Å². The van der Waals surface area contributed by atoms with E-state index in [0.717, 1.165) is 10.5 Å². The molecule has 1 aliphatic heterocycles. The molecule has 1 aliphatic rings. The van der Waals surface area contributed by atoms with E-state index >= 15 is 0 Å². The van der Waals surface area contributed by atoms with Crippen molar-refractivity contribution in [2.75, 3.05) is 7.05 Å². The average Bonchev–Trinajstić information content (AvgIpc) is 2.58. The van der Waals surface area contributed by atoms with E-state index in [4.69, 9.17) is 0 Å². The highest BCUT2D eigenvalue weighted by Gasteiger charge is 2.35. The highest BCUT2D eigenvalue weighted by molar-refractivity contribution is 6.03. The van der Waals surface area contributed by atoms with Gasteiger partial charge in [-0.3, -0.25) is 19.8 Å². The van der Waals surface area contributed by atoms with E-state index in [2.05, 4.69) is 5.32 Å². The number of rotatable bonds is 3. The van der Waals surface area contributed by atoms with Gasteiger partial charge in [0.1, 0.15) is 6.04 Å². The molecule has 7 heteroatoms. The minimum absolute atomic E-state index is 0.00217. The number of urea groups is 1. The molecule has 7 nitrogen and oxygen atoms in total. The van der Waals surface area contributed by atoms with Crippen molar-refractivity contribution < 1.29 is 14.5 Å². The van der Waals surface area contributed by atoms with Gasteiger partial charge in [0.2, 0.25) is 0 Å². The number of hydrogen-bond acceptors (Lipinski definition) is 4. The first-order chi connectivity index (χ1) is 8.49. The second-order valence-corrected chi connectivity index (χ2v) is 4.03. The molecule has 18 heavy (non-hydrogen) atoms. The maximum absolute atomic E-state index is 11.6. The molecule has 0 aliphatic carbocycles. The number of imide groups is 1. The van der Waals surface area contributed by atoms with Crippen molar-refractivity contribution in [2.45, 2.75) is 12.5 Å². The predicted molar refractivity (Wildman–Crippen MR) is 61.9 cm³/mol. The topological polar surface area (TPSA) is 92.6 Å². The molecular formula is C11H11N3O4. The van der Waals surface area contributed by atoms with Crippen molar-refractivity contribution >= 4 is 17.6 Å². The minimum atomic E-state index is -0.594. The number of nitro benzene ring substituents is 1. The molecule has 94 valence electrons. The fourth-order valence-corrected chi connectivity index (χ4v) is 1.77. The first-order valence-electron chi connectivity index (χ1n) is 5.30. The zero-order chi connectivity index (χ0) is 13.3. The SMILES string of the molecule is CN1C(=O)NC(Cc2ccc([N+](=O)[O-])cc2)C1=O. The van der Waals surface area contributed by atoms with Gasteiger partial charge in [0.05, 0.1) is 4.92 Å². The molecular weight excluding hydrogens is 238 g/mol. The molecule has 1 aromatic carbocycles. The normalized spacial score (nSPS) is 18.9. The third-order valence-electron chi connectivity index (χ3n) is 2.82. The van der Waals surface area contributed by atoms with Crippen molar-refractivity contribution in [1.82, 2.24) is 10.2 Å². The van der Waals surface area contributed by atoms with Gasteiger partial charge in [0.25, 0.3) is 11.6 Å². The molecule has 1 fully saturated rings. The van der Waals surface area contributed by atoms with Crippen LogP contribution in [0.5, 0.6) is 0 Å². The summed E-state index contributed by atoms with van der Waals surface area (Å²) in [6.07, 6.45) is 0.326. The second kappa shape index (κ2) is 4.44. The van der Waals surface area contributed by atoms with Crippen LogP contribution in [0.4, 0.5) is 10.5 Å². The van der Waals surface area contributed by atoms with Crippen LogP contribution in [-0.4, -0.2) is 34.9 Å². The smallest absolute Gasteiger partial charge is 0.324 e. The Bertz CT molecular complexity index is 512. The molecule has 1 saturated heterocycles. The predicted octanol–water partition coefficient (Wildman–Crippen LogP) is 0.688. The number of benzene rings is 1. The van der Waals surface area contributed by atoms with Gasteiger partial charge in [-0.1, -0.05) is 12.1 Å². The molecule has 1 heterocycles. The van der Waals surface area contributed by atoms with E-state index in [1.807, 2.05) is 0 Å². The Labute approximate surface area is 103 Å². The van der Waals surface area contributed by atoms with Crippen molar-refractivity contribution in [1.29, 1.82) is 0 Å². The lowest BCUT2D eigenvalue weighted by Crippen LogP contribution is -2.31. The van der Waals surface area contributed by atoms with Crippen molar-refractivity contribution in [3.63, 3.8) is 0 Å². The summed E-state index contributed by atoms with van der Waals surface area (Å²) in [6, 6.07) is 4.89. The van der Waals surface area contributed by atoms with Crippen LogP contribution in [0.15, 0.2) is 24.3 Å². The van der Waals surface area contributed by atoms with Gasteiger partial charge in [-0.05, 0) is 5.56 Å². The summed E-state index contributed by atoms with van der Waals surface area (Å²) in [5.74, 6) is -0.293. The number of amides is 3. The molecule has 1 aromatic rings. The van der Waals surface area contributed by atoms with Crippen LogP contribution in [0, 0.1) is 10.1 Å². The van der Waals surface area contributed by atoms with Crippen LogP contribution in [0.1, 0.15) is 5.56 Å². The van der Waals surface area contributed by atoms with Crippen molar-refractivity contribution in [3.8, 4) is 0 Å². The Morgan fingerprint density at radius 1 is 1.33 bits per heavy atom. The first-order valence-corrected chi connectivity index (χ1v) is 5.30. The molecule has 1 N–H and O–H groups in total. The van der Waals surface area contributed by atoms with Crippen LogP contribution in [0.3, 0.4) is 0 Å². The Morgan fingerprint density at radius 3 is 2.39 bits per heavy atom. The second-order valence-electron chi connectivity index (χ2n) is 4.03. The lowest BCUT2D eigenvalue weighted by molar-refractivity contribution is -0.384. The van der Waals surface area contributed by atoms with Gasteiger partial charge in [-0.15, -0.1) is 0 Å². The number of nitrogens with zero attached hydrogens (tertiary/aromatic N) is 2. The van der Waals surface area contributed by atoms with E-state index in [1.165, 1.54) is 19.2 Å². The lowest BCUT2D eigenvalue weighted by Gasteiger charge is -2.07. The summed E-state index contributed by atoms with van der Waals surface area (Å²) in [5, 5.41) is 13.0. The third kappa shape index (κ3) is 2.15. The zero-order valence-corrected chi connectivity index (χ0v) is 9.62. The van der Waals surface area contributed by atoms with E-state index in [1.54, 1.807) is 12.1 Å². The van der Waals surface area contributed by atoms with Gasteiger partial charge in [0, 0.05) is 25.6 Å². The highest BCUT2D eigenvalue weighted by Crippen LogP contribution is 2.15. The molecule has 0 saturated carbocycles. The molecule has 2 rings (SSSR count). The van der Waals surface area contributed by atoms with Gasteiger partial charge in [-0.25, -0.2) is 4.79 Å². The van der Waals surface area contributed by atoms with Crippen LogP contribution < -0.4 is 5.32 Å². The molecule has 0 bridgehead atoms. The van der Waals surface area contributed by atoms with E-state index < -0.39 is 17.0 Å². The number of carbonyl (C=O) groups is 2. The molecule has 0 aromatic heterocycles. The Kier molecular flexibility index (Phi) is 2.97. The molecule has 1 unspecified atom stereocenters. The number of nitrogens with one attached hydrogen (secondary N) is 1. The van der Waals surface area contributed by atoms with Gasteiger partial charge in [0.15, 0.2) is 0 Å². The van der Waals surface area contributed by atoms with Gasteiger partial charge < -0.3 is 5.32 Å². The van der Waals surface area contributed by atoms with Gasteiger partial charge >= 0.3 is 6.03 Å². The Hall–Kier alpha value is -2.44. The van der Waals surface area contributed by atoms with Crippen LogP contribution >= 0.6 is 0 Å². The summed E-state index contributed by atoms with van der Waals surface area (Å²) in [5.41, 5.74) is 0.757. The van der Waals surface area contributed by atoms with Crippen LogP contribution in [-0.2, 0) is 11.2 Å². The summed E-state index contributed by atoms with van der Waals surface area (Å²) in [4.78, 5) is 33.9. The standard InChI is InChI=1S/C11H11N3O4/c1-13-10(15)9(12-11(13)16)6-7-2-4-8(5-3-7)14(17)18/h2-5,9H,6H2,1H3,(H,12,16). The summed E-state index contributed by atoms with van der Waals surface area (Å²) in [6.45, 7) is 0. The maximum Gasteiger partial charge on any atom is 0.324 e. The highest BCUT2D eigenvalue weighted by atomic mass is 16.6. The monoisotopic (exact) mass is 249 g/mol. The van der Waals surface area contributed by atoms with Crippen molar-refractivity contribution in [2.24, 2.45) is 0 Å². The molecule has 3 amide bonds. The number of nitro groups is 1. The van der Waals surface area contributed by atoms with E-state index in [0.29, 0.717) is 6.42 Å². The summed E-state index contributed by atoms with van der Waals surface area (Å²) < 4.78 is 0. The minimum Gasteiger partial charge on any atom is -0.325 e. The van der Waals surface area contributed by atoms with Gasteiger partial charge in [-0.2, -0.15) is 0 Å². The summed E-state index contributed by atoms with van der Waals surface area (Å²) >= 11 is 0. The van der Waals surface area contributed by atoms with E-state index in [9.17, 15) is 19.7 Å². The molecule has 0 spiro atoms. The molecule has 1 atom stereocenters. The number of hydrogen-bond donors (Lipinski definition) is 1. The maximum atomic E-state index is 11.6. The Morgan fingerprint density at radius 2 is 1.94 bits per heavy atom.